The van der Waals surface area contributed by atoms with Gasteiger partial charge in [-0.3, -0.25) is 19.3 Å². The average Bonchev–Trinajstić information content (AvgIpc) is 3.22. The number of thiophene rings is 1. The number of carboxylic acids is 1. The summed E-state index contributed by atoms with van der Waals surface area (Å²) in [5.41, 5.74) is -1.56. The van der Waals surface area contributed by atoms with Gasteiger partial charge in [0, 0.05) is 22.6 Å². The zero-order chi connectivity index (χ0) is 22.8. The standard InChI is InChI=1S/C20H24N2O7S2/c1-4-15(24)28-9-12-10-31-19-20(29-11(2)3,18(27)22(19)16(12)17(25)26)21-14(23)8-13-6-5-7-30-13/h5-7,11,19H,4,8-10H2,1-3H3,(H,21,23)(H,25,26)/t19-,20?/m0/s1. The van der Waals surface area contributed by atoms with Crippen molar-refractivity contribution in [3.05, 3.63) is 33.7 Å². The van der Waals surface area contributed by atoms with Gasteiger partial charge in [-0.1, -0.05) is 13.0 Å². The van der Waals surface area contributed by atoms with Crippen LogP contribution in [0.1, 0.15) is 32.1 Å². The summed E-state index contributed by atoms with van der Waals surface area (Å²) in [4.78, 5) is 51.3. The van der Waals surface area contributed by atoms with Gasteiger partial charge in [-0.05, 0) is 25.3 Å². The van der Waals surface area contributed by atoms with Crippen molar-refractivity contribution >= 4 is 46.9 Å². The topological polar surface area (TPSA) is 122 Å². The number of fused-ring (bicyclic) bond motifs is 1. The van der Waals surface area contributed by atoms with Crippen LogP contribution in [-0.4, -0.2) is 63.3 Å². The van der Waals surface area contributed by atoms with E-state index in [2.05, 4.69) is 5.32 Å². The average molecular weight is 469 g/mol. The highest BCUT2D eigenvalue weighted by Gasteiger charge is 2.67. The largest absolute Gasteiger partial charge is 0.477 e. The molecule has 0 bridgehead atoms. The Balaban J connectivity index is 1.85. The Morgan fingerprint density at radius 3 is 2.71 bits per heavy atom. The van der Waals surface area contributed by atoms with E-state index in [0.717, 1.165) is 9.78 Å². The van der Waals surface area contributed by atoms with Gasteiger partial charge in [0.1, 0.15) is 17.7 Å². The Hall–Kier alpha value is -2.37. The lowest BCUT2D eigenvalue weighted by Gasteiger charge is -2.56. The van der Waals surface area contributed by atoms with E-state index in [1.807, 2.05) is 17.5 Å². The lowest BCUT2D eigenvalue weighted by atomic mass is 9.97. The molecule has 3 rings (SSSR count). The molecule has 2 N–H and O–H groups in total. The second-order valence-electron chi connectivity index (χ2n) is 7.32. The Labute approximate surface area is 187 Å². The summed E-state index contributed by atoms with van der Waals surface area (Å²) in [6.07, 6.45) is -0.140. The van der Waals surface area contributed by atoms with Crippen LogP contribution < -0.4 is 5.32 Å². The van der Waals surface area contributed by atoms with Crippen molar-refractivity contribution < 1.29 is 33.8 Å². The number of thioether (sulfide) groups is 1. The number of carbonyl (C=O) groups excluding carboxylic acids is 3. The number of hydrogen-bond donors (Lipinski definition) is 2. The van der Waals surface area contributed by atoms with Gasteiger partial charge in [0.25, 0.3) is 11.6 Å². The summed E-state index contributed by atoms with van der Waals surface area (Å²) in [5, 5.41) is 13.6. The van der Waals surface area contributed by atoms with Crippen molar-refractivity contribution in [2.75, 3.05) is 12.4 Å². The first-order chi connectivity index (χ1) is 14.7. The lowest BCUT2D eigenvalue weighted by Crippen LogP contribution is -2.81. The third kappa shape index (κ3) is 4.63. The van der Waals surface area contributed by atoms with E-state index >= 15 is 0 Å². The summed E-state index contributed by atoms with van der Waals surface area (Å²) in [5.74, 6) is -2.59. The minimum atomic E-state index is -1.65. The molecule has 0 aromatic carbocycles. The van der Waals surface area contributed by atoms with Crippen molar-refractivity contribution in [2.24, 2.45) is 0 Å². The van der Waals surface area contributed by atoms with Crippen LogP contribution in [0.5, 0.6) is 0 Å². The lowest BCUT2D eigenvalue weighted by molar-refractivity contribution is -0.206. The van der Waals surface area contributed by atoms with Gasteiger partial charge in [-0.25, -0.2) is 4.79 Å². The third-order valence-electron chi connectivity index (χ3n) is 4.67. The SMILES string of the molecule is CCC(=O)OCC1=C(C(=O)O)N2C(=O)C(NC(=O)Cc3cccs3)(OC(C)C)[C@@H]2SC1. The Morgan fingerprint density at radius 2 is 2.13 bits per heavy atom. The second kappa shape index (κ2) is 9.41. The van der Waals surface area contributed by atoms with Crippen molar-refractivity contribution in [1.82, 2.24) is 10.2 Å². The maximum Gasteiger partial charge on any atom is 0.352 e. The molecule has 9 nitrogen and oxygen atoms in total. The highest BCUT2D eigenvalue weighted by molar-refractivity contribution is 8.00. The molecule has 2 aliphatic rings. The molecule has 2 aliphatic heterocycles. The maximum absolute atomic E-state index is 13.2. The number of hydrogen-bond acceptors (Lipinski definition) is 8. The fraction of sp³-hybridized carbons (Fsp3) is 0.500. The third-order valence-corrected chi connectivity index (χ3v) is 6.92. The van der Waals surface area contributed by atoms with Crippen molar-refractivity contribution in [3.63, 3.8) is 0 Å². The van der Waals surface area contributed by atoms with Gasteiger partial charge in [-0.2, -0.15) is 0 Å². The Kier molecular flexibility index (Phi) is 7.07. The van der Waals surface area contributed by atoms with Gasteiger partial charge >= 0.3 is 11.9 Å². The number of β-lactam (4-membered cyclic amide) rings is 1. The minimum absolute atomic E-state index is 0.0887. The summed E-state index contributed by atoms with van der Waals surface area (Å²) in [6, 6.07) is 3.65. The van der Waals surface area contributed by atoms with Crippen molar-refractivity contribution in [3.8, 4) is 0 Å². The van der Waals surface area contributed by atoms with E-state index in [4.69, 9.17) is 9.47 Å². The summed E-state index contributed by atoms with van der Waals surface area (Å²) in [7, 11) is 0. The molecule has 1 aromatic rings. The van der Waals surface area contributed by atoms with E-state index in [1.165, 1.54) is 23.1 Å². The number of rotatable bonds is 9. The first-order valence-electron chi connectivity index (χ1n) is 9.77. The van der Waals surface area contributed by atoms with Crippen LogP contribution in [0.15, 0.2) is 28.8 Å². The molecule has 0 radical (unpaired) electrons. The maximum atomic E-state index is 13.2. The predicted molar refractivity (Wildman–Crippen MR) is 114 cm³/mol. The van der Waals surface area contributed by atoms with Crippen molar-refractivity contribution in [2.45, 2.75) is 50.8 Å². The zero-order valence-corrected chi connectivity index (χ0v) is 19.0. The number of carboxylic acid groups (broad SMARTS) is 1. The smallest absolute Gasteiger partial charge is 0.352 e. The van der Waals surface area contributed by atoms with Crippen LogP contribution >= 0.6 is 23.1 Å². The first-order valence-corrected chi connectivity index (χ1v) is 11.7. The molecule has 31 heavy (non-hydrogen) atoms. The number of aliphatic carboxylic acids is 1. The predicted octanol–water partition coefficient (Wildman–Crippen LogP) is 1.74. The molecule has 1 saturated heterocycles. The van der Waals surface area contributed by atoms with Crippen LogP contribution in [0.4, 0.5) is 0 Å². The molecule has 3 heterocycles. The molecule has 2 atom stereocenters. The number of nitrogens with zero attached hydrogens (tertiary/aromatic N) is 1. The first kappa shape index (κ1) is 23.3. The van der Waals surface area contributed by atoms with Crippen molar-refractivity contribution in [1.29, 1.82) is 0 Å². The van der Waals surface area contributed by atoms with Crippen LogP contribution in [0, 0.1) is 0 Å². The van der Waals surface area contributed by atoms with E-state index < -0.39 is 35.0 Å². The van der Waals surface area contributed by atoms with Gasteiger partial charge < -0.3 is 19.9 Å². The van der Waals surface area contributed by atoms with Gasteiger partial charge in [0.05, 0.1) is 12.5 Å². The number of esters is 1. The highest BCUT2D eigenvalue weighted by Crippen LogP contribution is 2.47. The highest BCUT2D eigenvalue weighted by atomic mass is 32.2. The fourth-order valence-electron chi connectivity index (χ4n) is 3.42. The van der Waals surface area contributed by atoms with E-state index in [1.54, 1.807) is 20.8 Å². The van der Waals surface area contributed by atoms with Crippen LogP contribution in [0.25, 0.3) is 0 Å². The second-order valence-corrected chi connectivity index (χ2v) is 9.42. The molecular weight excluding hydrogens is 444 g/mol. The summed E-state index contributed by atoms with van der Waals surface area (Å²) in [6.45, 7) is 4.90. The zero-order valence-electron chi connectivity index (χ0n) is 17.4. The number of amides is 2. The molecular formula is C20H24N2O7S2. The van der Waals surface area contributed by atoms with Crippen LogP contribution in [0.3, 0.4) is 0 Å². The minimum Gasteiger partial charge on any atom is -0.477 e. The normalized spacial score (nSPS) is 22.8. The quantitative estimate of drug-likeness (QED) is 0.319. The number of ether oxygens (including phenoxy) is 2. The molecule has 1 aromatic heterocycles. The van der Waals surface area contributed by atoms with Gasteiger partial charge in [0.2, 0.25) is 5.91 Å². The molecule has 0 aliphatic carbocycles. The van der Waals surface area contributed by atoms with E-state index in [0.29, 0.717) is 5.57 Å². The fourth-order valence-corrected chi connectivity index (χ4v) is 5.50. The van der Waals surface area contributed by atoms with Gasteiger partial charge in [0.15, 0.2) is 0 Å². The molecule has 168 valence electrons. The summed E-state index contributed by atoms with van der Waals surface area (Å²) >= 11 is 2.69. The van der Waals surface area contributed by atoms with Gasteiger partial charge in [-0.15, -0.1) is 23.1 Å². The summed E-state index contributed by atoms with van der Waals surface area (Å²) < 4.78 is 11.0. The molecule has 1 fully saturated rings. The molecule has 1 unspecified atom stereocenters. The van der Waals surface area contributed by atoms with E-state index in [9.17, 15) is 24.3 Å². The van der Waals surface area contributed by atoms with Crippen LogP contribution in [0.2, 0.25) is 0 Å². The molecule has 0 saturated carbocycles. The number of carbonyl (C=O) groups is 4. The van der Waals surface area contributed by atoms with Crippen LogP contribution in [-0.2, 0) is 35.1 Å². The molecule has 0 spiro atoms. The number of nitrogens with one attached hydrogen (secondary N) is 1. The Bertz CT molecular complexity index is 913. The monoisotopic (exact) mass is 468 g/mol. The Morgan fingerprint density at radius 1 is 1.39 bits per heavy atom. The molecule has 2 amide bonds. The molecule has 11 heteroatoms. The van der Waals surface area contributed by atoms with E-state index in [-0.39, 0.29) is 36.8 Å².